The smallest absolute Gasteiger partial charge is 0.228 e. The van der Waals surface area contributed by atoms with Gasteiger partial charge in [0.1, 0.15) is 11.6 Å². The normalized spacial score (nSPS) is 35.7. The number of benzene rings is 1. The van der Waals surface area contributed by atoms with Crippen LogP contribution in [-0.4, -0.2) is 41.1 Å². The summed E-state index contributed by atoms with van der Waals surface area (Å²) in [6.45, 7) is 3.45. The topological polar surface area (TPSA) is 64.6 Å². The molecule has 5 atom stereocenters. The SMILES string of the molecule is CCN1C(=O)C2CNNC2C2CCC(c3ccc(F)cc3O)CC21. The number of phenolic OH excluding ortho intramolecular Hbond substituents is 1. The third kappa shape index (κ3) is 2.40. The van der Waals surface area contributed by atoms with Crippen molar-refractivity contribution in [1.29, 1.82) is 0 Å². The van der Waals surface area contributed by atoms with Gasteiger partial charge in [-0.2, -0.15) is 0 Å². The van der Waals surface area contributed by atoms with Crippen LogP contribution in [0.15, 0.2) is 18.2 Å². The molecule has 3 N–H and O–H groups in total. The number of hydrogen-bond acceptors (Lipinski definition) is 4. The fourth-order valence-electron chi connectivity index (χ4n) is 5.02. The number of hydrazine groups is 1. The molecule has 2 saturated heterocycles. The van der Waals surface area contributed by atoms with Crippen LogP contribution in [0, 0.1) is 17.7 Å². The van der Waals surface area contributed by atoms with Gasteiger partial charge in [-0.1, -0.05) is 6.07 Å². The molecule has 1 amide bonds. The zero-order valence-electron chi connectivity index (χ0n) is 13.8. The van der Waals surface area contributed by atoms with Crippen molar-refractivity contribution in [2.24, 2.45) is 11.8 Å². The Morgan fingerprint density at radius 3 is 2.96 bits per heavy atom. The molecule has 130 valence electrons. The first-order chi connectivity index (χ1) is 11.6. The number of aromatic hydroxyl groups is 1. The number of halogens is 1. The van der Waals surface area contributed by atoms with E-state index in [-0.39, 0.29) is 35.6 Å². The lowest BCUT2D eigenvalue weighted by Crippen LogP contribution is -2.61. The van der Waals surface area contributed by atoms with E-state index in [1.165, 1.54) is 12.1 Å². The van der Waals surface area contributed by atoms with E-state index < -0.39 is 5.82 Å². The second-order valence-corrected chi connectivity index (χ2v) is 7.23. The average Bonchev–Trinajstić information content (AvgIpc) is 3.05. The summed E-state index contributed by atoms with van der Waals surface area (Å²) < 4.78 is 13.3. The number of hydrogen-bond donors (Lipinski definition) is 3. The van der Waals surface area contributed by atoms with Gasteiger partial charge in [-0.25, -0.2) is 4.39 Å². The number of carbonyl (C=O) groups excluding carboxylic acids is 1. The van der Waals surface area contributed by atoms with Crippen molar-refractivity contribution >= 4 is 5.91 Å². The molecule has 5 unspecified atom stereocenters. The van der Waals surface area contributed by atoms with E-state index in [0.717, 1.165) is 24.8 Å². The lowest BCUT2D eigenvalue weighted by molar-refractivity contribution is -0.146. The highest BCUT2D eigenvalue weighted by Gasteiger charge is 2.51. The van der Waals surface area contributed by atoms with Crippen LogP contribution in [0.25, 0.3) is 0 Å². The van der Waals surface area contributed by atoms with E-state index in [4.69, 9.17) is 0 Å². The van der Waals surface area contributed by atoms with Gasteiger partial charge in [-0.15, -0.1) is 0 Å². The Kier molecular flexibility index (Phi) is 3.96. The molecule has 6 heteroatoms. The Bertz CT molecular complexity index is 653. The van der Waals surface area contributed by atoms with Gasteiger partial charge in [-0.05, 0) is 49.7 Å². The number of nitrogens with zero attached hydrogens (tertiary/aromatic N) is 1. The van der Waals surface area contributed by atoms with Gasteiger partial charge >= 0.3 is 0 Å². The minimum Gasteiger partial charge on any atom is -0.508 e. The van der Waals surface area contributed by atoms with Crippen LogP contribution >= 0.6 is 0 Å². The van der Waals surface area contributed by atoms with E-state index in [1.807, 2.05) is 11.8 Å². The van der Waals surface area contributed by atoms with Crippen molar-refractivity contribution in [3.63, 3.8) is 0 Å². The maximum Gasteiger partial charge on any atom is 0.228 e. The highest BCUT2D eigenvalue weighted by molar-refractivity contribution is 5.81. The van der Waals surface area contributed by atoms with Crippen LogP contribution in [0.4, 0.5) is 4.39 Å². The van der Waals surface area contributed by atoms with Crippen LogP contribution in [0.5, 0.6) is 5.75 Å². The summed E-state index contributed by atoms with van der Waals surface area (Å²) in [7, 11) is 0. The second-order valence-electron chi connectivity index (χ2n) is 7.23. The van der Waals surface area contributed by atoms with Gasteiger partial charge in [0.25, 0.3) is 0 Å². The first-order valence-corrected chi connectivity index (χ1v) is 8.87. The van der Waals surface area contributed by atoms with Crippen molar-refractivity contribution in [2.75, 3.05) is 13.1 Å². The Morgan fingerprint density at radius 2 is 2.21 bits per heavy atom. The number of amides is 1. The van der Waals surface area contributed by atoms with Crippen molar-refractivity contribution in [2.45, 2.75) is 44.2 Å². The molecule has 2 aliphatic heterocycles. The summed E-state index contributed by atoms with van der Waals surface area (Å²) in [5.74, 6) is 0.465. The van der Waals surface area contributed by atoms with E-state index >= 15 is 0 Å². The lowest BCUT2D eigenvalue weighted by Gasteiger charge is -2.50. The first kappa shape index (κ1) is 15.8. The third-order valence-electron chi connectivity index (χ3n) is 6.13. The summed E-state index contributed by atoms with van der Waals surface area (Å²) in [5, 5.41) is 10.1. The predicted octanol–water partition coefficient (Wildman–Crippen LogP) is 1.74. The molecule has 5 nitrogen and oxygen atoms in total. The molecular formula is C18H24FN3O2. The Hall–Kier alpha value is -1.66. The molecule has 0 bridgehead atoms. The van der Waals surface area contributed by atoms with Gasteiger partial charge < -0.3 is 10.0 Å². The summed E-state index contributed by atoms with van der Waals surface area (Å²) in [6, 6.07) is 4.66. The van der Waals surface area contributed by atoms with Crippen LogP contribution in [0.2, 0.25) is 0 Å². The van der Waals surface area contributed by atoms with Gasteiger partial charge in [-0.3, -0.25) is 15.6 Å². The summed E-state index contributed by atoms with van der Waals surface area (Å²) >= 11 is 0. The minimum absolute atomic E-state index is 0.0296. The number of rotatable bonds is 2. The molecule has 0 aromatic heterocycles. The fraction of sp³-hybridized carbons (Fsp3) is 0.611. The molecule has 1 aromatic carbocycles. The van der Waals surface area contributed by atoms with Crippen LogP contribution in [0.3, 0.4) is 0 Å². The molecule has 2 heterocycles. The molecule has 3 fully saturated rings. The Balaban J connectivity index is 1.61. The number of phenols is 1. The summed E-state index contributed by atoms with van der Waals surface area (Å²) in [6.07, 6.45) is 2.79. The fourth-order valence-corrected chi connectivity index (χ4v) is 5.02. The molecule has 3 aliphatic rings. The van der Waals surface area contributed by atoms with Crippen LogP contribution in [-0.2, 0) is 4.79 Å². The molecule has 1 saturated carbocycles. The van der Waals surface area contributed by atoms with E-state index in [0.29, 0.717) is 19.0 Å². The lowest BCUT2D eigenvalue weighted by atomic mass is 9.67. The predicted molar refractivity (Wildman–Crippen MR) is 87.7 cm³/mol. The van der Waals surface area contributed by atoms with Gasteiger partial charge in [0.2, 0.25) is 5.91 Å². The Morgan fingerprint density at radius 1 is 1.38 bits per heavy atom. The van der Waals surface area contributed by atoms with Crippen LogP contribution in [0.1, 0.15) is 37.7 Å². The number of piperidine rings is 1. The van der Waals surface area contributed by atoms with Gasteiger partial charge in [0, 0.05) is 31.2 Å². The zero-order chi connectivity index (χ0) is 16.8. The number of likely N-dealkylation sites (tertiary alicyclic amines) is 1. The molecule has 0 radical (unpaired) electrons. The molecule has 24 heavy (non-hydrogen) atoms. The van der Waals surface area contributed by atoms with Crippen LogP contribution < -0.4 is 10.9 Å². The van der Waals surface area contributed by atoms with E-state index in [2.05, 4.69) is 10.9 Å². The molecule has 1 aromatic rings. The highest BCUT2D eigenvalue weighted by Crippen LogP contribution is 2.46. The monoisotopic (exact) mass is 333 g/mol. The van der Waals surface area contributed by atoms with Crippen molar-refractivity contribution in [3.8, 4) is 5.75 Å². The van der Waals surface area contributed by atoms with E-state index in [9.17, 15) is 14.3 Å². The highest BCUT2D eigenvalue weighted by atomic mass is 19.1. The number of nitrogens with one attached hydrogen (secondary N) is 2. The maximum atomic E-state index is 13.3. The molecule has 0 spiro atoms. The van der Waals surface area contributed by atoms with E-state index in [1.54, 1.807) is 6.07 Å². The third-order valence-corrected chi connectivity index (χ3v) is 6.13. The largest absolute Gasteiger partial charge is 0.508 e. The molecule has 1 aliphatic carbocycles. The minimum atomic E-state index is -0.419. The number of fused-ring (bicyclic) bond motifs is 3. The summed E-state index contributed by atoms with van der Waals surface area (Å²) in [4.78, 5) is 14.8. The van der Waals surface area contributed by atoms with Crippen molar-refractivity contribution in [3.05, 3.63) is 29.6 Å². The van der Waals surface area contributed by atoms with Crippen molar-refractivity contribution in [1.82, 2.24) is 15.8 Å². The molecule has 4 rings (SSSR count). The second kappa shape index (κ2) is 6.01. The van der Waals surface area contributed by atoms with Gasteiger partial charge in [0.05, 0.1) is 5.92 Å². The van der Waals surface area contributed by atoms with Crippen molar-refractivity contribution < 1.29 is 14.3 Å². The zero-order valence-corrected chi connectivity index (χ0v) is 13.8. The number of carbonyl (C=O) groups is 1. The first-order valence-electron chi connectivity index (χ1n) is 8.87. The quantitative estimate of drug-likeness (QED) is 0.771. The Labute approximate surface area is 141 Å². The summed E-state index contributed by atoms with van der Waals surface area (Å²) in [5.41, 5.74) is 7.26. The van der Waals surface area contributed by atoms with Gasteiger partial charge in [0.15, 0.2) is 0 Å². The molecular weight excluding hydrogens is 309 g/mol. The standard InChI is InChI=1S/C18H24FN3O2/c1-2-22-15-7-10(12-6-4-11(19)8-16(12)23)3-5-13(15)17-14(18(22)24)9-20-21-17/h4,6,8,10,13-15,17,20-21,23H,2-3,5,7,9H2,1H3. The maximum absolute atomic E-state index is 13.3. The average molecular weight is 333 g/mol.